The summed E-state index contributed by atoms with van der Waals surface area (Å²) in [6.07, 6.45) is -1.75. The monoisotopic (exact) mass is 300 g/mol. The molecule has 1 N–H and O–H groups in total. The van der Waals surface area contributed by atoms with Gasteiger partial charge in [0, 0.05) is 0 Å². The van der Waals surface area contributed by atoms with Gasteiger partial charge in [0.1, 0.15) is 0 Å². The molecule has 114 valence electrons. The van der Waals surface area contributed by atoms with Crippen LogP contribution in [0.3, 0.4) is 0 Å². The Morgan fingerprint density at radius 2 is 2.00 bits per heavy atom. The molecule has 0 aromatic carbocycles. The lowest BCUT2D eigenvalue weighted by Gasteiger charge is -2.31. The number of rotatable bonds is 1. The summed E-state index contributed by atoms with van der Waals surface area (Å²) in [6, 6.07) is -0.280. The fourth-order valence-corrected chi connectivity index (χ4v) is 2.75. The van der Waals surface area contributed by atoms with Crippen LogP contribution in [0, 0.1) is 6.92 Å². The van der Waals surface area contributed by atoms with Crippen molar-refractivity contribution in [2.75, 3.05) is 0 Å². The van der Waals surface area contributed by atoms with Crippen LogP contribution in [0.1, 0.15) is 31.3 Å². The molecule has 2 atom stereocenters. The lowest BCUT2D eigenvalue weighted by Crippen LogP contribution is -2.42. The van der Waals surface area contributed by atoms with E-state index in [4.69, 9.17) is 0 Å². The summed E-state index contributed by atoms with van der Waals surface area (Å²) < 4.78 is 42.5. The summed E-state index contributed by atoms with van der Waals surface area (Å²) in [5, 5.41) is 14.1. The van der Waals surface area contributed by atoms with E-state index in [9.17, 15) is 18.3 Å². The fraction of sp³-hybridized carbons (Fsp3) is 0.538. The highest BCUT2D eigenvalue weighted by Gasteiger charge is 2.55. The van der Waals surface area contributed by atoms with E-state index in [2.05, 4.69) is 10.1 Å². The molecule has 3 rings (SSSR count). The summed E-state index contributed by atoms with van der Waals surface area (Å²) in [5.74, 6) is -0.385. The maximum absolute atomic E-state index is 13.1. The van der Waals surface area contributed by atoms with Gasteiger partial charge >= 0.3 is 6.18 Å². The van der Waals surface area contributed by atoms with E-state index < -0.39 is 11.8 Å². The largest absolute Gasteiger partial charge is 0.424 e. The first-order chi connectivity index (χ1) is 9.64. The number of hydrogen-bond acceptors (Lipinski definition) is 3. The summed E-state index contributed by atoms with van der Waals surface area (Å²) in [4.78, 5) is 3.86. The van der Waals surface area contributed by atoms with Gasteiger partial charge in [-0.05, 0) is 26.3 Å². The quantitative estimate of drug-likeness (QED) is 0.880. The van der Waals surface area contributed by atoms with Crippen LogP contribution in [-0.4, -0.2) is 30.6 Å². The highest BCUT2D eigenvalue weighted by molar-refractivity contribution is 5.60. The van der Waals surface area contributed by atoms with Crippen molar-refractivity contribution in [1.29, 1.82) is 0 Å². The smallest absolute Gasteiger partial charge is 0.374 e. The Bertz CT molecular complexity index is 699. The minimum Gasteiger partial charge on any atom is -0.374 e. The van der Waals surface area contributed by atoms with Crippen molar-refractivity contribution >= 4 is 0 Å². The highest BCUT2D eigenvalue weighted by Crippen LogP contribution is 2.42. The molecule has 0 fully saturated rings. The van der Waals surface area contributed by atoms with E-state index in [1.165, 1.54) is 10.8 Å². The molecule has 8 heteroatoms. The molecule has 2 aromatic rings. The predicted molar refractivity (Wildman–Crippen MR) is 68.5 cm³/mol. The van der Waals surface area contributed by atoms with Gasteiger partial charge in [0.25, 0.3) is 0 Å². The molecule has 0 amide bonds. The van der Waals surface area contributed by atoms with Gasteiger partial charge in [-0.2, -0.15) is 18.3 Å². The number of halogens is 3. The summed E-state index contributed by atoms with van der Waals surface area (Å²) >= 11 is 0. The van der Waals surface area contributed by atoms with Crippen LogP contribution in [0.25, 0.3) is 11.4 Å². The van der Waals surface area contributed by atoms with E-state index in [1.807, 2.05) is 6.92 Å². The molecule has 0 bridgehead atoms. The van der Waals surface area contributed by atoms with Gasteiger partial charge < -0.3 is 9.67 Å². The third-order valence-electron chi connectivity index (χ3n) is 3.93. The molecule has 0 spiro atoms. The Balaban J connectivity index is 2.23. The van der Waals surface area contributed by atoms with Gasteiger partial charge in [-0.15, -0.1) is 0 Å². The van der Waals surface area contributed by atoms with Gasteiger partial charge in [-0.1, -0.05) is 0 Å². The van der Waals surface area contributed by atoms with Crippen LogP contribution in [0.2, 0.25) is 0 Å². The van der Waals surface area contributed by atoms with Crippen molar-refractivity contribution in [3.8, 4) is 11.4 Å². The number of hydrogen-bond donors (Lipinski definition) is 1. The second-order valence-electron chi connectivity index (χ2n) is 5.61. The maximum atomic E-state index is 13.1. The van der Waals surface area contributed by atoms with Crippen LogP contribution in [0.4, 0.5) is 13.2 Å². The summed E-state index contributed by atoms with van der Waals surface area (Å²) in [6.45, 7) is 4.79. The van der Waals surface area contributed by atoms with Crippen molar-refractivity contribution in [2.24, 2.45) is 0 Å². The molecule has 1 aliphatic rings. The summed E-state index contributed by atoms with van der Waals surface area (Å²) in [5.41, 5.74) is -0.843. The van der Waals surface area contributed by atoms with Crippen molar-refractivity contribution in [3.05, 3.63) is 23.8 Å². The number of aryl methyl sites for hydroxylation is 1. The first kappa shape index (κ1) is 14.1. The molecular formula is C13H15F3N4O. The van der Waals surface area contributed by atoms with E-state index in [0.29, 0.717) is 12.2 Å². The van der Waals surface area contributed by atoms with Crippen LogP contribution < -0.4 is 0 Å². The number of aliphatic hydroxyl groups is 1. The molecule has 3 heterocycles. The highest BCUT2D eigenvalue weighted by atomic mass is 19.4. The third-order valence-corrected chi connectivity index (χ3v) is 3.93. The van der Waals surface area contributed by atoms with Crippen molar-refractivity contribution in [1.82, 2.24) is 19.3 Å². The number of nitrogens with zero attached hydrogens (tertiary/aromatic N) is 4. The van der Waals surface area contributed by atoms with Gasteiger partial charge in [0.2, 0.25) is 5.60 Å². The number of fused-ring (bicyclic) bond motifs is 3. The molecule has 0 radical (unpaired) electrons. The lowest BCUT2D eigenvalue weighted by atomic mass is 10.0. The van der Waals surface area contributed by atoms with Gasteiger partial charge in [-0.3, -0.25) is 4.68 Å². The van der Waals surface area contributed by atoms with Gasteiger partial charge in [0.05, 0.1) is 36.4 Å². The molecule has 0 aliphatic carbocycles. The van der Waals surface area contributed by atoms with Crippen molar-refractivity contribution in [3.63, 3.8) is 0 Å². The predicted octanol–water partition coefficient (Wildman–Crippen LogP) is 2.40. The molecule has 5 nitrogen and oxygen atoms in total. The van der Waals surface area contributed by atoms with Gasteiger partial charge in [0.15, 0.2) is 5.82 Å². The van der Waals surface area contributed by atoms with Crippen LogP contribution in [-0.2, 0) is 12.1 Å². The molecule has 2 aromatic heterocycles. The molecule has 1 aliphatic heterocycles. The fourth-order valence-electron chi connectivity index (χ4n) is 2.75. The standard InChI is InChI=1S/C13H15F3N4O/c1-7-4-18-19-6-8(2)20-9(10(7)19)5-17-11(20)12(3,21)13(14,15)16/h4-5,8,21H,6H2,1-3H3/t8-,12+/m0/s1. The molecule has 21 heavy (non-hydrogen) atoms. The zero-order valence-electron chi connectivity index (χ0n) is 11.8. The average molecular weight is 300 g/mol. The summed E-state index contributed by atoms with van der Waals surface area (Å²) in [7, 11) is 0. The topological polar surface area (TPSA) is 55.9 Å². The Morgan fingerprint density at radius 1 is 1.33 bits per heavy atom. The number of alkyl halides is 3. The zero-order chi connectivity index (χ0) is 15.6. The normalized spacial score (nSPS) is 20.8. The Hall–Kier alpha value is -1.83. The van der Waals surface area contributed by atoms with E-state index in [-0.39, 0.29) is 11.9 Å². The van der Waals surface area contributed by atoms with Gasteiger partial charge in [-0.25, -0.2) is 4.98 Å². The Labute approximate surface area is 119 Å². The first-order valence-electron chi connectivity index (χ1n) is 6.54. The second-order valence-corrected chi connectivity index (χ2v) is 5.61. The number of imidazole rings is 1. The molecular weight excluding hydrogens is 285 g/mol. The van der Waals surface area contributed by atoms with Crippen molar-refractivity contribution < 1.29 is 18.3 Å². The van der Waals surface area contributed by atoms with Crippen molar-refractivity contribution in [2.45, 2.75) is 45.1 Å². The van der Waals surface area contributed by atoms with Crippen LogP contribution in [0.15, 0.2) is 12.4 Å². The minimum absolute atomic E-state index is 0.280. The first-order valence-corrected chi connectivity index (χ1v) is 6.54. The second kappa shape index (κ2) is 4.09. The van der Waals surface area contributed by atoms with E-state index in [0.717, 1.165) is 18.2 Å². The Kier molecular flexibility index (Phi) is 2.75. The van der Waals surface area contributed by atoms with E-state index >= 15 is 0 Å². The molecule has 0 unspecified atom stereocenters. The third kappa shape index (κ3) is 1.81. The maximum Gasteiger partial charge on any atom is 0.424 e. The van der Waals surface area contributed by atoms with Crippen LogP contribution >= 0.6 is 0 Å². The molecule has 0 saturated carbocycles. The van der Waals surface area contributed by atoms with E-state index in [1.54, 1.807) is 17.8 Å². The Morgan fingerprint density at radius 3 is 2.62 bits per heavy atom. The number of aromatic nitrogens is 4. The SMILES string of the molecule is Cc1cnn2c1-c1cnc([C@@](C)(O)C(F)(F)F)n1[C@@H](C)C2. The molecule has 0 saturated heterocycles. The lowest BCUT2D eigenvalue weighted by molar-refractivity contribution is -0.262. The van der Waals surface area contributed by atoms with Crippen LogP contribution in [0.5, 0.6) is 0 Å². The zero-order valence-corrected chi connectivity index (χ0v) is 11.8. The minimum atomic E-state index is -4.79. The average Bonchev–Trinajstić information content (AvgIpc) is 2.92.